The third-order valence-electron chi connectivity index (χ3n) is 2.24. The van der Waals surface area contributed by atoms with E-state index in [9.17, 15) is 0 Å². The molecule has 0 amide bonds. The van der Waals surface area contributed by atoms with E-state index in [4.69, 9.17) is 0 Å². The van der Waals surface area contributed by atoms with Crippen molar-refractivity contribution in [1.82, 2.24) is 0 Å². The van der Waals surface area contributed by atoms with Crippen LogP contribution in [0.25, 0.3) is 0 Å². The van der Waals surface area contributed by atoms with E-state index in [-0.39, 0.29) is 65.4 Å². The molecule has 0 unspecified atom stereocenters. The first kappa shape index (κ1) is 17.8. The van der Waals surface area contributed by atoms with Crippen LogP contribution < -0.4 is 0 Å². The van der Waals surface area contributed by atoms with Crippen LogP contribution in [0.2, 0.25) is 0 Å². The minimum Gasteiger partial charge on any atom is -0.0620 e. The summed E-state index contributed by atoms with van der Waals surface area (Å²) in [7, 11) is 0. The molecule has 0 aromatic heterocycles. The summed E-state index contributed by atoms with van der Waals surface area (Å²) in [6, 6.07) is 8.72. The van der Waals surface area contributed by atoms with Gasteiger partial charge in [-0.2, -0.15) is 0 Å². The van der Waals surface area contributed by atoms with E-state index in [1.54, 1.807) is 0 Å². The zero-order valence-corrected chi connectivity index (χ0v) is 15.3. The second-order valence-corrected chi connectivity index (χ2v) is 3.94. The average molecular weight is 340 g/mol. The van der Waals surface area contributed by atoms with Crippen molar-refractivity contribution >= 4 is 0 Å². The molecule has 1 rings (SSSR count). The molecule has 0 aliphatic carbocycles. The molecule has 0 heterocycles. The van der Waals surface area contributed by atoms with Crippen LogP contribution in [0.5, 0.6) is 0 Å². The van der Waals surface area contributed by atoms with Crippen molar-refractivity contribution in [3.63, 3.8) is 0 Å². The molecule has 0 nitrogen and oxygen atoms in total. The van der Waals surface area contributed by atoms with Gasteiger partial charge in [-0.25, -0.2) is 0 Å². The van der Waals surface area contributed by atoms with E-state index in [0.717, 1.165) is 0 Å². The molecule has 72 valence electrons. The van der Waals surface area contributed by atoms with Gasteiger partial charge in [0, 0.05) is 65.4 Å². The Morgan fingerprint density at radius 3 is 1.21 bits per heavy atom. The molecule has 2 radical (unpaired) electrons. The monoisotopic (exact) mass is 340 g/mol. The fourth-order valence-corrected chi connectivity index (χ4v) is 1.56. The van der Waals surface area contributed by atoms with Crippen molar-refractivity contribution in [3.05, 3.63) is 35.4 Å². The summed E-state index contributed by atoms with van der Waals surface area (Å²) in [5, 5.41) is 0. The smallest absolute Gasteiger partial charge is 0 e. The van der Waals surface area contributed by atoms with Crippen LogP contribution in [0.4, 0.5) is 0 Å². The van der Waals surface area contributed by atoms with Gasteiger partial charge in [-0.05, 0) is 23.0 Å². The van der Waals surface area contributed by atoms with Crippen molar-refractivity contribution in [2.75, 3.05) is 0 Å². The molecule has 0 bridgehead atoms. The van der Waals surface area contributed by atoms with Crippen LogP contribution >= 0.6 is 0 Å². The van der Waals surface area contributed by atoms with Crippen LogP contribution in [0.15, 0.2) is 24.3 Å². The summed E-state index contributed by atoms with van der Waals surface area (Å²) in [6.07, 6.45) is 0. The molecule has 0 saturated carbocycles. The van der Waals surface area contributed by atoms with Gasteiger partial charge in [0.15, 0.2) is 0 Å². The Labute approximate surface area is 138 Å². The Balaban J connectivity index is 0. The molecule has 0 fully saturated rings. The van der Waals surface area contributed by atoms with Gasteiger partial charge >= 0.3 is 0 Å². The van der Waals surface area contributed by atoms with Crippen molar-refractivity contribution in [3.8, 4) is 0 Å². The molecular formula is C12H18Y2. The Kier molecular flexibility index (Phi) is 10.9. The summed E-state index contributed by atoms with van der Waals surface area (Å²) in [5.74, 6) is 1.28. The zero-order valence-electron chi connectivity index (χ0n) is 9.62. The summed E-state index contributed by atoms with van der Waals surface area (Å²) in [6.45, 7) is 9.00. The van der Waals surface area contributed by atoms with Crippen molar-refractivity contribution in [2.45, 2.75) is 39.5 Å². The Hall–Kier alpha value is 1.43. The largest absolute Gasteiger partial charge is 0.0620 e. The average Bonchev–Trinajstić information content (AvgIpc) is 2.04. The van der Waals surface area contributed by atoms with E-state index < -0.39 is 0 Å². The standard InChI is InChI=1S/C12H18.2Y/c1-9(2)11-7-5-6-8-12(11)10(3)4;;/h5-10H,1-4H3;;. The summed E-state index contributed by atoms with van der Waals surface area (Å²) < 4.78 is 0. The molecule has 0 N–H and O–H groups in total. The summed E-state index contributed by atoms with van der Waals surface area (Å²) in [5.41, 5.74) is 2.99. The SMILES string of the molecule is CC(C)c1ccccc1C(C)C.[Y].[Y]. The predicted molar refractivity (Wildman–Crippen MR) is 54.6 cm³/mol. The van der Waals surface area contributed by atoms with Gasteiger partial charge in [0.05, 0.1) is 0 Å². The van der Waals surface area contributed by atoms with Crippen LogP contribution in [0.1, 0.15) is 50.7 Å². The zero-order chi connectivity index (χ0) is 9.14. The minimum atomic E-state index is 0. The minimum absolute atomic E-state index is 0. The number of benzene rings is 1. The third kappa shape index (κ3) is 4.97. The third-order valence-corrected chi connectivity index (χ3v) is 2.24. The van der Waals surface area contributed by atoms with Gasteiger partial charge in [-0.3, -0.25) is 0 Å². The predicted octanol–water partition coefficient (Wildman–Crippen LogP) is 3.93. The maximum absolute atomic E-state index is 2.25. The Bertz CT molecular complexity index is 227. The molecule has 0 saturated heterocycles. The van der Waals surface area contributed by atoms with E-state index in [1.807, 2.05) is 0 Å². The normalized spacial score (nSPS) is 9.57. The summed E-state index contributed by atoms with van der Waals surface area (Å²) in [4.78, 5) is 0. The molecule has 0 atom stereocenters. The molecule has 1 aromatic carbocycles. The van der Waals surface area contributed by atoms with Crippen LogP contribution in [0.3, 0.4) is 0 Å². The molecule has 2 heteroatoms. The number of hydrogen-bond donors (Lipinski definition) is 0. The Morgan fingerprint density at radius 1 is 0.714 bits per heavy atom. The molecule has 0 aliphatic rings. The first-order chi connectivity index (χ1) is 5.63. The van der Waals surface area contributed by atoms with E-state index in [0.29, 0.717) is 11.8 Å². The van der Waals surface area contributed by atoms with Gasteiger partial charge in [0.1, 0.15) is 0 Å². The van der Waals surface area contributed by atoms with Gasteiger partial charge in [0.25, 0.3) is 0 Å². The maximum atomic E-state index is 2.25. The van der Waals surface area contributed by atoms with E-state index >= 15 is 0 Å². The number of rotatable bonds is 2. The van der Waals surface area contributed by atoms with Crippen molar-refractivity contribution in [2.24, 2.45) is 0 Å². The van der Waals surface area contributed by atoms with Crippen LogP contribution in [-0.4, -0.2) is 0 Å². The molecule has 0 spiro atoms. The Morgan fingerprint density at radius 2 is 1.00 bits per heavy atom. The van der Waals surface area contributed by atoms with Crippen LogP contribution in [-0.2, 0) is 65.4 Å². The number of hydrogen-bond acceptors (Lipinski definition) is 0. The molecule has 1 aromatic rings. The van der Waals surface area contributed by atoms with Crippen LogP contribution in [0, 0.1) is 0 Å². The quantitative estimate of drug-likeness (QED) is 0.765. The molecule has 0 aliphatic heterocycles. The van der Waals surface area contributed by atoms with Crippen molar-refractivity contribution < 1.29 is 65.4 Å². The topological polar surface area (TPSA) is 0 Å². The second-order valence-electron chi connectivity index (χ2n) is 3.94. The van der Waals surface area contributed by atoms with Gasteiger partial charge in [-0.15, -0.1) is 0 Å². The van der Waals surface area contributed by atoms with E-state index in [2.05, 4.69) is 52.0 Å². The molecular weight excluding hydrogens is 322 g/mol. The van der Waals surface area contributed by atoms with Crippen molar-refractivity contribution in [1.29, 1.82) is 0 Å². The first-order valence-corrected chi connectivity index (χ1v) is 4.71. The van der Waals surface area contributed by atoms with Gasteiger partial charge < -0.3 is 0 Å². The fraction of sp³-hybridized carbons (Fsp3) is 0.500. The van der Waals surface area contributed by atoms with E-state index in [1.165, 1.54) is 11.1 Å². The second kappa shape index (κ2) is 8.56. The fourth-order valence-electron chi connectivity index (χ4n) is 1.56. The first-order valence-electron chi connectivity index (χ1n) is 4.71. The van der Waals surface area contributed by atoms with Gasteiger partial charge in [-0.1, -0.05) is 52.0 Å². The molecule has 14 heavy (non-hydrogen) atoms. The summed E-state index contributed by atoms with van der Waals surface area (Å²) >= 11 is 0. The maximum Gasteiger partial charge on any atom is 0 e. The van der Waals surface area contributed by atoms with Gasteiger partial charge in [0.2, 0.25) is 0 Å².